The van der Waals surface area contributed by atoms with Crippen LogP contribution < -0.4 is 5.32 Å². The molecule has 0 bridgehead atoms. The number of halogens is 6. The second-order valence-corrected chi connectivity index (χ2v) is 14.9. The van der Waals surface area contributed by atoms with Gasteiger partial charge in [-0.2, -0.15) is 26.3 Å². The van der Waals surface area contributed by atoms with E-state index in [1.54, 1.807) is 0 Å². The summed E-state index contributed by atoms with van der Waals surface area (Å²) in [6, 6.07) is 13.0. The van der Waals surface area contributed by atoms with Crippen molar-refractivity contribution in [1.29, 1.82) is 0 Å². The topological polar surface area (TPSA) is 82.6 Å². The van der Waals surface area contributed by atoms with Crippen LogP contribution in [0, 0.1) is 0 Å². The first kappa shape index (κ1) is 35.8. The van der Waals surface area contributed by atoms with Crippen molar-refractivity contribution < 1.29 is 39.6 Å². The summed E-state index contributed by atoms with van der Waals surface area (Å²) in [6.07, 6.45) is -4.90. The van der Waals surface area contributed by atoms with Crippen LogP contribution in [0.2, 0.25) is 0 Å². The molecule has 0 aliphatic carbocycles. The molecule has 4 aromatic rings. The number of amides is 1. The molecule has 7 nitrogen and oxygen atoms in total. The summed E-state index contributed by atoms with van der Waals surface area (Å²) in [6.45, 7) is 3.14. The number of hydrogen-bond acceptors (Lipinski definition) is 6. The molecule has 2 fully saturated rings. The summed E-state index contributed by atoms with van der Waals surface area (Å²) in [5.41, 5.74) is -1.81. The van der Waals surface area contributed by atoms with E-state index in [1.807, 2.05) is 4.90 Å². The lowest BCUT2D eigenvalue weighted by Crippen LogP contribution is -2.44. The molecule has 1 N–H and O–H groups in total. The van der Waals surface area contributed by atoms with E-state index in [9.17, 15) is 39.6 Å². The van der Waals surface area contributed by atoms with Crippen molar-refractivity contribution in [1.82, 2.24) is 20.1 Å². The van der Waals surface area contributed by atoms with Crippen molar-refractivity contribution >= 4 is 26.6 Å². The molecule has 2 saturated heterocycles. The molecule has 266 valence electrons. The van der Waals surface area contributed by atoms with Gasteiger partial charge in [-0.3, -0.25) is 9.69 Å². The van der Waals surface area contributed by atoms with Crippen molar-refractivity contribution in [2.75, 3.05) is 32.4 Å². The molecule has 2 aliphatic rings. The number of aromatic nitrogens is 1. The van der Waals surface area contributed by atoms with Crippen LogP contribution in [-0.2, 0) is 22.6 Å². The summed E-state index contributed by atoms with van der Waals surface area (Å²) < 4.78 is 111. The minimum atomic E-state index is -4.92. The normalized spacial score (nSPS) is 17.7. The van der Waals surface area contributed by atoms with Crippen molar-refractivity contribution in [2.45, 2.75) is 61.6 Å². The molecule has 50 heavy (non-hydrogen) atoms. The number of piperidine rings is 1. The molecular weight excluding hydrogens is 682 g/mol. The van der Waals surface area contributed by atoms with Crippen molar-refractivity contribution in [3.8, 4) is 11.3 Å². The first-order valence-electron chi connectivity index (χ1n) is 16.3. The largest absolute Gasteiger partial charge is 0.416 e. The van der Waals surface area contributed by atoms with E-state index in [4.69, 9.17) is 0 Å². The lowest BCUT2D eigenvalue weighted by Gasteiger charge is -2.37. The Hall–Kier alpha value is -4.01. The summed E-state index contributed by atoms with van der Waals surface area (Å²) in [5, 5.41) is 2.10. The zero-order chi connectivity index (χ0) is 35.8. The minimum absolute atomic E-state index is 0.0187. The van der Waals surface area contributed by atoms with Crippen LogP contribution in [0.4, 0.5) is 26.3 Å². The van der Waals surface area contributed by atoms with E-state index >= 15 is 0 Å². The number of carbonyl (C=O) groups excluding carboxylic acids is 1. The molecule has 14 heteroatoms. The molecule has 3 heterocycles. The van der Waals surface area contributed by atoms with Crippen LogP contribution in [0.5, 0.6) is 0 Å². The van der Waals surface area contributed by atoms with Gasteiger partial charge in [0.15, 0.2) is 15.9 Å². The van der Waals surface area contributed by atoms with Gasteiger partial charge in [0.25, 0.3) is 5.91 Å². The number of nitrogens with one attached hydrogen (secondary N) is 1. The van der Waals surface area contributed by atoms with Gasteiger partial charge in [0.05, 0.1) is 27.2 Å². The van der Waals surface area contributed by atoms with Gasteiger partial charge in [-0.15, -0.1) is 0 Å². The number of rotatable bonds is 8. The average molecular weight is 719 g/mol. The second-order valence-electron chi connectivity index (χ2n) is 12.9. The number of carbonyl (C=O) groups is 1. The SMILES string of the molecule is CS(=O)(=O)c1cccc2c(C(=O)N[C@H](c3ccccc3)C(F)(F)F)c(CN3CCC(N4CCCC4)CC3)c(-c3cccc(C(F)(F)F)c3)nc12. The Morgan fingerprint density at radius 1 is 0.900 bits per heavy atom. The summed E-state index contributed by atoms with van der Waals surface area (Å²) in [4.78, 5) is 23.1. The van der Waals surface area contributed by atoms with Crippen molar-refractivity contribution in [3.05, 3.63) is 95.1 Å². The predicted octanol–water partition coefficient (Wildman–Crippen LogP) is 7.42. The highest BCUT2D eigenvalue weighted by molar-refractivity contribution is 7.91. The number of likely N-dealkylation sites (tertiary alicyclic amines) is 2. The molecule has 0 unspecified atom stereocenters. The van der Waals surface area contributed by atoms with Gasteiger partial charge in [-0.05, 0) is 75.6 Å². The number of fused-ring (bicyclic) bond motifs is 1. The molecule has 0 saturated carbocycles. The smallest absolute Gasteiger partial charge is 0.337 e. The van der Waals surface area contributed by atoms with Crippen LogP contribution in [-0.4, -0.2) is 73.8 Å². The fraction of sp³-hybridized carbons (Fsp3) is 0.389. The summed E-state index contributed by atoms with van der Waals surface area (Å²) in [5.74, 6) is -1.16. The highest BCUT2D eigenvalue weighted by atomic mass is 32.2. The van der Waals surface area contributed by atoms with E-state index in [1.165, 1.54) is 60.7 Å². The highest BCUT2D eigenvalue weighted by Gasteiger charge is 2.43. The summed E-state index contributed by atoms with van der Waals surface area (Å²) >= 11 is 0. The molecule has 0 spiro atoms. The third kappa shape index (κ3) is 7.66. The maximum absolute atomic E-state index is 14.5. The van der Waals surface area contributed by atoms with Crippen LogP contribution in [0.3, 0.4) is 0 Å². The zero-order valence-corrected chi connectivity index (χ0v) is 28.0. The van der Waals surface area contributed by atoms with E-state index in [0.29, 0.717) is 19.1 Å². The molecule has 0 radical (unpaired) electrons. The maximum Gasteiger partial charge on any atom is 0.416 e. The number of nitrogens with zero attached hydrogens (tertiary/aromatic N) is 3. The van der Waals surface area contributed by atoms with Gasteiger partial charge in [0.1, 0.15) is 0 Å². The van der Waals surface area contributed by atoms with Crippen LogP contribution in [0.1, 0.15) is 58.8 Å². The maximum atomic E-state index is 14.5. The molecule has 1 atom stereocenters. The number of hydrogen-bond donors (Lipinski definition) is 1. The number of alkyl halides is 6. The first-order valence-corrected chi connectivity index (χ1v) is 18.2. The van der Waals surface area contributed by atoms with Gasteiger partial charge < -0.3 is 10.2 Å². The molecule has 6 rings (SSSR count). The van der Waals surface area contributed by atoms with Crippen LogP contribution in [0.15, 0.2) is 77.7 Å². The van der Waals surface area contributed by atoms with Gasteiger partial charge >= 0.3 is 12.4 Å². The molecule has 2 aliphatic heterocycles. The van der Waals surface area contributed by atoms with Crippen molar-refractivity contribution in [2.24, 2.45) is 0 Å². The number of sulfone groups is 1. The Bertz CT molecular complexity index is 1970. The molecule has 3 aromatic carbocycles. The van der Waals surface area contributed by atoms with Gasteiger partial charge in [-0.1, -0.05) is 54.6 Å². The van der Waals surface area contributed by atoms with E-state index in [2.05, 4.69) is 15.2 Å². The Morgan fingerprint density at radius 3 is 2.18 bits per heavy atom. The monoisotopic (exact) mass is 718 g/mol. The number of pyridine rings is 1. The number of benzene rings is 3. The minimum Gasteiger partial charge on any atom is -0.337 e. The van der Waals surface area contributed by atoms with Crippen LogP contribution >= 0.6 is 0 Å². The zero-order valence-electron chi connectivity index (χ0n) is 27.2. The summed E-state index contributed by atoms with van der Waals surface area (Å²) in [7, 11) is -4.02. The third-order valence-electron chi connectivity index (χ3n) is 9.50. The Morgan fingerprint density at radius 2 is 1.56 bits per heavy atom. The fourth-order valence-corrected chi connectivity index (χ4v) is 7.90. The van der Waals surface area contributed by atoms with Gasteiger partial charge in [0.2, 0.25) is 0 Å². The highest BCUT2D eigenvalue weighted by Crippen LogP contribution is 2.39. The quantitative estimate of drug-likeness (QED) is 0.191. The molecule has 1 aromatic heterocycles. The molecular formula is C36H36F6N4O3S. The second kappa shape index (κ2) is 14.0. The first-order chi connectivity index (χ1) is 23.6. The Kier molecular flexibility index (Phi) is 9.99. The standard InChI is InChI=1S/C36H36F6N4O3S/c1-50(48,49)29-14-8-13-27-30(34(47)44-33(36(40,41)42)23-9-3-2-4-10-23)28(22-45-19-15-26(16-20-45)46-17-5-6-18-46)31(43-32(27)29)24-11-7-12-25(21-24)35(37,38)39/h2-4,7-14,21,26,33H,5-6,15-20,22H2,1H3,(H,44,47)/t33-/m1/s1. The lowest BCUT2D eigenvalue weighted by atomic mass is 9.93. The Balaban J connectivity index is 1.55. The lowest BCUT2D eigenvalue weighted by molar-refractivity contribution is -0.155. The van der Waals surface area contributed by atoms with E-state index in [-0.39, 0.29) is 50.3 Å². The van der Waals surface area contributed by atoms with Gasteiger partial charge in [-0.25, -0.2) is 13.4 Å². The molecule has 1 amide bonds. The average Bonchev–Trinajstić information content (AvgIpc) is 3.61. The van der Waals surface area contributed by atoms with Crippen LogP contribution in [0.25, 0.3) is 22.2 Å². The third-order valence-corrected chi connectivity index (χ3v) is 10.6. The fourth-order valence-electron chi connectivity index (χ4n) is 7.07. The predicted molar refractivity (Wildman–Crippen MR) is 177 cm³/mol. The van der Waals surface area contributed by atoms with E-state index < -0.39 is 39.7 Å². The van der Waals surface area contributed by atoms with E-state index in [0.717, 1.165) is 57.2 Å². The van der Waals surface area contributed by atoms with Crippen molar-refractivity contribution in [3.63, 3.8) is 0 Å². The number of para-hydroxylation sites is 1. The van der Waals surface area contributed by atoms with Gasteiger partial charge in [0, 0.05) is 35.4 Å². The Labute approximate surface area is 286 Å².